The molecule has 2 nitrogen and oxygen atoms in total. The summed E-state index contributed by atoms with van der Waals surface area (Å²) < 4.78 is 37.6. The minimum Gasteiger partial charge on any atom is -0.346 e. The molecule has 1 amide bonds. The second-order valence-corrected chi connectivity index (χ2v) is 5.13. The van der Waals surface area contributed by atoms with Gasteiger partial charge in [-0.2, -0.15) is 13.2 Å². The molecule has 0 aliphatic heterocycles. The molecule has 0 saturated carbocycles. The highest BCUT2D eigenvalue weighted by molar-refractivity contribution is 5.95. The zero-order valence-corrected chi connectivity index (χ0v) is 12.2. The fourth-order valence-electron chi connectivity index (χ4n) is 2.15. The quantitative estimate of drug-likeness (QED) is 0.888. The van der Waals surface area contributed by atoms with Gasteiger partial charge in [-0.15, -0.1) is 0 Å². The zero-order chi connectivity index (χ0) is 16.3. The number of amides is 1. The Bertz CT molecular complexity index is 662. The van der Waals surface area contributed by atoms with Crippen LogP contribution in [-0.2, 0) is 6.18 Å². The van der Waals surface area contributed by atoms with Crippen LogP contribution < -0.4 is 5.32 Å². The lowest BCUT2D eigenvalue weighted by atomic mass is 10.0. The van der Waals surface area contributed by atoms with Crippen LogP contribution in [0.4, 0.5) is 13.2 Å². The normalized spacial score (nSPS) is 12.8. The van der Waals surface area contributed by atoms with Crippen molar-refractivity contribution in [2.45, 2.75) is 26.1 Å². The molecule has 0 aromatic heterocycles. The van der Waals surface area contributed by atoms with Crippen LogP contribution in [0.5, 0.6) is 0 Å². The van der Waals surface area contributed by atoms with E-state index in [1.54, 1.807) is 19.1 Å². The van der Waals surface area contributed by atoms with Gasteiger partial charge in [0.25, 0.3) is 5.91 Å². The molecule has 1 atom stereocenters. The van der Waals surface area contributed by atoms with Gasteiger partial charge in [0.05, 0.1) is 11.6 Å². The molecule has 5 heteroatoms. The Labute approximate surface area is 127 Å². The third-order valence-corrected chi connectivity index (χ3v) is 3.48. The topological polar surface area (TPSA) is 29.1 Å². The summed E-state index contributed by atoms with van der Waals surface area (Å²) in [7, 11) is 0. The molecule has 0 aliphatic carbocycles. The summed E-state index contributed by atoms with van der Waals surface area (Å²) >= 11 is 0. The molecule has 0 heterocycles. The number of halogens is 3. The number of rotatable bonds is 3. The van der Waals surface area contributed by atoms with Crippen LogP contribution in [0.1, 0.15) is 40.0 Å². The summed E-state index contributed by atoms with van der Waals surface area (Å²) in [4.78, 5) is 12.2. The van der Waals surface area contributed by atoms with Crippen molar-refractivity contribution in [3.05, 3.63) is 70.8 Å². The Morgan fingerprint density at radius 3 is 2.18 bits per heavy atom. The number of nitrogens with one attached hydrogen (secondary N) is 1. The van der Waals surface area contributed by atoms with Gasteiger partial charge in [-0.1, -0.05) is 30.3 Å². The SMILES string of the molecule is Cc1ccccc1C(=O)NC(C)c1ccc(C(F)(F)F)cc1. The van der Waals surface area contributed by atoms with Gasteiger partial charge < -0.3 is 5.32 Å². The number of hydrogen-bond donors (Lipinski definition) is 1. The van der Waals surface area contributed by atoms with Gasteiger partial charge in [-0.3, -0.25) is 4.79 Å². The molecule has 0 bridgehead atoms. The summed E-state index contributed by atoms with van der Waals surface area (Å²) in [5.74, 6) is -0.245. The van der Waals surface area contributed by atoms with Crippen LogP contribution >= 0.6 is 0 Å². The second-order valence-electron chi connectivity index (χ2n) is 5.13. The first-order valence-electron chi connectivity index (χ1n) is 6.82. The number of aryl methyl sites for hydroxylation is 1. The predicted molar refractivity (Wildman–Crippen MR) is 78.5 cm³/mol. The van der Waals surface area contributed by atoms with Crippen molar-refractivity contribution < 1.29 is 18.0 Å². The molecule has 2 aromatic carbocycles. The lowest BCUT2D eigenvalue weighted by Gasteiger charge is -2.16. The first kappa shape index (κ1) is 16.1. The standard InChI is InChI=1S/C17H16F3NO/c1-11-5-3-4-6-15(11)16(22)21-12(2)13-7-9-14(10-8-13)17(18,19)20/h3-10,12H,1-2H3,(H,21,22). The van der Waals surface area contributed by atoms with Gasteiger partial charge in [0.1, 0.15) is 0 Å². The fraction of sp³-hybridized carbons (Fsp3) is 0.235. The van der Waals surface area contributed by atoms with Crippen molar-refractivity contribution in [1.29, 1.82) is 0 Å². The third kappa shape index (κ3) is 3.67. The van der Waals surface area contributed by atoms with E-state index in [2.05, 4.69) is 5.32 Å². The smallest absolute Gasteiger partial charge is 0.346 e. The molecule has 0 aliphatic rings. The van der Waals surface area contributed by atoms with Crippen LogP contribution in [0.3, 0.4) is 0 Å². The molecule has 0 saturated heterocycles. The van der Waals surface area contributed by atoms with E-state index >= 15 is 0 Å². The Morgan fingerprint density at radius 2 is 1.64 bits per heavy atom. The maximum absolute atomic E-state index is 12.5. The van der Waals surface area contributed by atoms with E-state index in [-0.39, 0.29) is 11.9 Å². The largest absolute Gasteiger partial charge is 0.416 e. The van der Waals surface area contributed by atoms with Crippen molar-refractivity contribution >= 4 is 5.91 Å². The Hall–Kier alpha value is -2.30. The van der Waals surface area contributed by atoms with E-state index in [0.717, 1.165) is 17.7 Å². The number of alkyl halides is 3. The van der Waals surface area contributed by atoms with Crippen LogP contribution in [0.2, 0.25) is 0 Å². The first-order valence-corrected chi connectivity index (χ1v) is 6.82. The molecule has 1 N–H and O–H groups in total. The predicted octanol–water partition coefficient (Wildman–Crippen LogP) is 4.50. The Morgan fingerprint density at radius 1 is 1.05 bits per heavy atom. The number of benzene rings is 2. The second kappa shape index (κ2) is 6.22. The molecule has 22 heavy (non-hydrogen) atoms. The monoisotopic (exact) mass is 307 g/mol. The molecule has 116 valence electrons. The molecule has 2 aromatic rings. The Kier molecular flexibility index (Phi) is 4.54. The molecule has 0 spiro atoms. The first-order chi connectivity index (χ1) is 10.3. The number of carbonyl (C=O) groups is 1. The van der Waals surface area contributed by atoms with Gasteiger partial charge in [0.15, 0.2) is 0 Å². The number of hydrogen-bond acceptors (Lipinski definition) is 1. The minimum atomic E-state index is -4.35. The summed E-state index contributed by atoms with van der Waals surface area (Å²) in [6, 6.07) is 11.6. The summed E-state index contributed by atoms with van der Waals surface area (Å²) in [5, 5.41) is 2.79. The van der Waals surface area contributed by atoms with E-state index in [1.165, 1.54) is 12.1 Å². The third-order valence-electron chi connectivity index (χ3n) is 3.48. The maximum Gasteiger partial charge on any atom is 0.416 e. The molecule has 2 rings (SSSR count). The average molecular weight is 307 g/mol. The van der Waals surface area contributed by atoms with E-state index in [4.69, 9.17) is 0 Å². The van der Waals surface area contributed by atoms with Crippen LogP contribution in [-0.4, -0.2) is 5.91 Å². The van der Waals surface area contributed by atoms with Crippen molar-refractivity contribution in [1.82, 2.24) is 5.32 Å². The highest BCUT2D eigenvalue weighted by atomic mass is 19.4. The molecule has 1 unspecified atom stereocenters. The van der Waals surface area contributed by atoms with E-state index in [0.29, 0.717) is 11.1 Å². The summed E-state index contributed by atoms with van der Waals surface area (Å²) in [5.41, 5.74) is 1.32. The van der Waals surface area contributed by atoms with Crippen LogP contribution in [0, 0.1) is 6.92 Å². The van der Waals surface area contributed by atoms with Gasteiger partial charge >= 0.3 is 6.18 Å². The van der Waals surface area contributed by atoms with E-state index < -0.39 is 11.7 Å². The van der Waals surface area contributed by atoms with Crippen molar-refractivity contribution in [2.24, 2.45) is 0 Å². The van der Waals surface area contributed by atoms with Crippen molar-refractivity contribution in [2.75, 3.05) is 0 Å². The van der Waals surface area contributed by atoms with Crippen LogP contribution in [0.15, 0.2) is 48.5 Å². The minimum absolute atomic E-state index is 0.245. The van der Waals surface area contributed by atoms with Gasteiger partial charge in [0, 0.05) is 5.56 Å². The summed E-state index contributed by atoms with van der Waals surface area (Å²) in [6.07, 6.45) is -4.35. The molecule has 0 radical (unpaired) electrons. The lowest BCUT2D eigenvalue weighted by molar-refractivity contribution is -0.137. The molecular formula is C17H16F3NO. The Balaban J connectivity index is 2.11. The maximum atomic E-state index is 12.5. The van der Waals surface area contributed by atoms with Crippen molar-refractivity contribution in [3.8, 4) is 0 Å². The van der Waals surface area contributed by atoms with Gasteiger partial charge in [0.2, 0.25) is 0 Å². The molecular weight excluding hydrogens is 291 g/mol. The van der Waals surface area contributed by atoms with Gasteiger partial charge in [-0.25, -0.2) is 0 Å². The lowest BCUT2D eigenvalue weighted by Crippen LogP contribution is -2.27. The van der Waals surface area contributed by atoms with Crippen molar-refractivity contribution in [3.63, 3.8) is 0 Å². The highest BCUT2D eigenvalue weighted by Gasteiger charge is 2.30. The number of carbonyl (C=O) groups excluding carboxylic acids is 1. The highest BCUT2D eigenvalue weighted by Crippen LogP contribution is 2.29. The van der Waals surface area contributed by atoms with Gasteiger partial charge in [-0.05, 0) is 43.2 Å². The van der Waals surface area contributed by atoms with E-state index in [9.17, 15) is 18.0 Å². The molecule has 0 fully saturated rings. The summed E-state index contributed by atoms with van der Waals surface area (Å²) in [6.45, 7) is 3.57. The zero-order valence-electron chi connectivity index (χ0n) is 12.2. The van der Waals surface area contributed by atoms with E-state index in [1.807, 2.05) is 19.1 Å². The van der Waals surface area contributed by atoms with Crippen LogP contribution in [0.25, 0.3) is 0 Å². The average Bonchev–Trinajstić information content (AvgIpc) is 2.46. The fourth-order valence-corrected chi connectivity index (χ4v) is 2.15.